The van der Waals surface area contributed by atoms with Gasteiger partial charge in [-0.05, 0) is 31.9 Å². The Morgan fingerprint density at radius 2 is 1.79 bits per heavy atom. The molecule has 0 N–H and O–H groups in total. The van der Waals surface area contributed by atoms with Gasteiger partial charge in [0.1, 0.15) is 0 Å². The Bertz CT molecular complexity index is 997. The largest absolute Gasteiger partial charge is 0.493 e. The quantitative estimate of drug-likeness (QED) is 0.711. The summed E-state index contributed by atoms with van der Waals surface area (Å²) < 4.78 is 17.2. The molecule has 8 heteroatoms. The van der Waals surface area contributed by atoms with Crippen LogP contribution in [0.25, 0.3) is 10.8 Å². The molecule has 1 aliphatic heterocycles. The van der Waals surface area contributed by atoms with Crippen LogP contribution >= 0.6 is 0 Å². The molecular weight excluding hydrogens is 376 g/mol. The number of ether oxygens (including phenoxy) is 3. The number of carbonyl (C=O) groups is 2. The molecule has 29 heavy (non-hydrogen) atoms. The maximum Gasteiger partial charge on any atom is 0.310 e. The van der Waals surface area contributed by atoms with Crippen LogP contribution in [-0.4, -0.2) is 55.3 Å². The van der Waals surface area contributed by atoms with E-state index >= 15 is 0 Å². The van der Waals surface area contributed by atoms with Gasteiger partial charge in [0.25, 0.3) is 11.5 Å². The molecule has 1 aliphatic rings. The molecule has 0 unspecified atom stereocenters. The minimum atomic E-state index is -0.332. The number of nitrogens with zero attached hydrogens (tertiary/aromatic N) is 2. The third-order valence-corrected chi connectivity index (χ3v) is 5.25. The molecule has 2 heterocycles. The van der Waals surface area contributed by atoms with Gasteiger partial charge in [0.15, 0.2) is 11.5 Å². The zero-order valence-corrected chi connectivity index (χ0v) is 17.2. The van der Waals surface area contributed by atoms with E-state index < -0.39 is 0 Å². The highest BCUT2D eigenvalue weighted by Crippen LogP contribution is 2.33. The predicted octanol–water partition coefficient (Wildman–Crippen LogP) is 1.97. The van der Waals surface area contributed by atoms with Gasteiger partial charge in [-0.1, -0.05) is 0 Å². The summed E-state index contributed by atoms with van der Waals surface area (Å²) in [6.45, 7) is 2.93. The fourth-order valence-corrected chi connectivity index (χ4v) is 3.75. The van der Waals surface area contributed by atoms with Crippen molar-refractivity contribution in [3.05, 3.63) is 34.2 Å². The molecule has 1 saturated heterocycles. The van der Waals surface area contributed by atoms with E-state index in [0.29, 0.717) is 54.0 Å². The summed E-state index contributed by atoms with van der Waals surface area (Å²) in [7, 11) is 4.60. The number of likely N-dealkylation sites (tertiary alicyclic amines) is 1. The Balaban J connectivity index is 2.04. The van der Waals surface area contributed by atoms with E-state index in [1.54, 1.807) is 31.0 Å². The highest BCUT2D eigenvalue weighted by molar-refractivity contribution is 6.07. The van der Waals surface area contributed by atoms with Gasteiger partial charge in [-0.2, -0.15) is 0 Å². The number of amides is 1. The summed E-state index contributed by atoms with van der Waals surface area (Å²) in [5.41, 5.74) is 0.146. The maximum absolute atomic E-state index is 13.3. The molecule has 0 bridgehead atoms. The SMILES string of the molecule is CCOC(=O)[C@H]1CCCN(C(=O)c2cn(C)c(=O)c3cc(OC)c(OC)cc23)C1. The molecule has 3 rings (SSSR count). The molecule has 0 saturated carbocycles. The standard InChI is InChI=1S/C21H26N2O6/c1-5-29-21(26)13-7-6-8-23(11-13)20(25)16-12-22(2)19(24)15-10-18(28-4)17(27-3)9-14(15)16/h9-10,12-13H,5-8,11H2,1-4H3/t13-/m0/s1. The summed E-state index contributed by atoms with van der Waals surface area (Å²) in [4.78, 5) is 39.8. The first kappa shape index (κ1) is 20.7. The zero-order valence-electron chi connectivity index (χ0n) is 17.2. The van der Waals surface area contributed by atoms with Gasteiger partial charge in [0, 0.05) is 31.7 Å². The average molecular weight is 402 g/mol. The van der Waals surface area contributed by atoms with E-state index in [1.165, 1.54) is 25.0 Å². The van der Waals surface area contributed by atoms with Crippen molar-refractivity contribution in [3.8, 4) is 11.5 Å². The Labute approximate surface area is 169 Å². The molecular formula is C21H26N2O6. The van der Waals surface area contributed by atoms with Crippen molar-refractivity contribution >= 4 is 22.6 Å². The van der Waals surface area contributed by atoms with Crippen molar-refractivity contribution in [2.75, 3.05) is 33.9 Å². The molecule has 1 aromatic heterocycles. The molecule has 1 fully saturated rings. The summed E-state index contributed by atoms with van der Waals surface area (Å²) in [6, 6.07) is 3.24. The highest BCUT2D eigenvalue weighted by Gasteiger charge is 2.31. The number of fused-ring (bicyclic) bond motifs is 1. The molecule has 8 nitrogen and oxygen atoms in total. The number of piperidine rings is 1. The van der Waals surface area contributed by atoms with E-state index in [9.17, 15) is 14.4 Å². The van der Waals surface area contributed by atoms with Gasteiger partial charge >= 0.3 is 5.97 Å². The Hall–Kier alpha value is -3.03. The molecule has 1 atom stereocenters. The second-order valence-corrected chi connectivity index (χ2v) is 7.05. The van der Waals surface area contributed by atoms with Crippen molar-refractivity contribution in [3.63, 3.8) is 0 Å². The lowest BCUT2D eigenvalue weighted by molar-refractivity contribution is -0.149. The molecule has 0 spiro atoms. The predicted molar refractivity (Wildman–Crippen MR) is 108 cm³/mol. The number of hydrogen-bond donors (Lipinski definition) is 0. The van der Waals surface area contributed by atoms with Crippen LogP contribution in [0.3, 0.4) is 0 Å². The first-order chi connectivity index (χ1) is 13.9. The molecule has 2 aromatic rings. The van der Waals surface area contributed by atoms with Gasteiger partial charge in [-0.25, -0.2) is 0 Å². The van der Waals surface area contributed by atoms with Gasteiger partial charge in [0.2, 0.25) is 0 Å². The van der Waals surface area contributed by atoms with Crippen LogP contribution in [0.2, 0.25) is 0 Å². The van der Waals surface area contributed by atoms with Crippen LogP contribution in [0, 0.1) is 5.92 Å². The number of hydrogen-bond acceptors (Lipinski definition) is 6. The molecule has 1 amide bonds. The monoisotopic (exact) mass is 402 g/mol. The third-order valence-electron chi connectivity index (χ3n) is 5.25. The number of aryl methyl sites for hydroxylation is 1. The maximum atomic E-state index is 13.3. The van der Waals surface area contributed by atoms with Crippen molar-refractivity contribution in [1.29, 1.82) is 0 Å². The fraction of sp³-hybridized carbons (Fsp3) is 0.476. The normalized spacial score (nSPS) is 16.6. The lowest BCUT2D eigenvalue weighted by Gasteiger charge is -2.32. The van der Waals surface area contributed by atoms with Crippen LogP contribution < -0.4 is 15.0 Å². The van der Waals surface area contributed by atoms with Gasteiger partial charge in [0.05, 0.1) is 37.7 Å². The van der Waals surface area contributed by atoms with Crippen LogP contribution in [0.15, 0.2) is 23.1 Å². The number of aromatic nitrogens is 1. The van der Waals surface area contributed by atoms with Gasteiger partial charge in [-0.3, -0.25) is 14.4 Å². The van der Waals surface area contributed by atoms with Crippen LogP contribution in [0.1, 0.15) is 30.1 Å². The number of methoxy groups -OCH3 is 2. The number of esters is 1. The molecule has 156 valence electrons. The number of benzene rings is 1. The minimum Gasteiger partial charge on any atom is -0.493 e. The van der Waals surface area contributed by atoms with Crippen molar-refractivity contribution in [1.82, 2.24) is 9.47 Å². The second kappa shape index (κ2) is 8.55. The van der Waals surface area contributed by atoms with Crippen LogP contribution in [0.4, 0.5) is 0 Å². The van der Waals surface area contributed by atoms with Gasteiger partial charge < -0.3 is 23.7 Å². The molecule has 0 radical (unpaired) electrons. The lowest BCUT2D eigenvalue weighted by Crippen LogP contribution is -2.43. The van der Waals surface area contributed by atoms with Crippen LogP contribution in [0.5, 0.6) is 11.5 Å². The summed E-state index contributed by atoms with van der Waals surface area (Å²) in [5.74, 6) is 0.0158. The second-order valence-electron chi connectivity index (χ2n) is 7.05. The summed E-state index contributed by atoms with van der Waals surface area (Å²) >= 11 is 0. The number of pyridine rings is 1. The molecule has 1 aromatic carbocycles. The van der Waals surface area contributed by atoms with E-state index in [0.717, 1.165) is 6.42 Å². The van der Waals surface area contributed by atoms with Crippen molar-refractivity contribution in [2.45, 2.75) is 19.8 Å². The first-order valence-electron chi connectivity index (χ1n) is 9.62. The Morgan fingerprint density at radius 3 is 2.41 bits per heavy atom. The lowest BCUT2D eigenvalue weighted by atomic mass is 9.97. The summed E-state index contributed by atoms with van der Waals surface area (Å²) in [6.07, 6.45) is 2.95. The zero-order chi connectivity index (χ0) is 21.1. The highest BCUT2D eigenvalue weighted by atomic mass is 16.5. The third kappa shape index (κ3) is 3.92. The van der Waals surface area contributed by atoms with E-state index in [4.69, 9.17) is 14.2 Å². The smallest absolute Gasteiger partial charge is 0.310 e. The first-order valence-corrected chi connectivity index (χ1v) is 9.62. The van der Waals surface area contributed by atoms with Crippen molar-refractivity contribution < 1.29 is 23.8 Å². The fourth-order valence-electron chi connectivity index (χ4n) is 3.75. The molecule has 0 aliphatic carbocycles. The number of rotatable bonds is 5. The van der Waals surface area contributed by atoms with Gasteiger partial charge in [-0.15, -0.1) is 0 Å². The van der Waals surface area contributed by atoms with E-state index in [-0.39, 0.29) is 23.4 Å². The van der Waals surface area contributed by atoms with E-state index in [2.05, 4.69) is 0 Å². The Kier molecular flexibility index (Phi) is 6.10. The topological polar surface area (TPSA) is 87.1 Å². The van der Waals surface area contributed by atoms with Crippen LogP contribution in [-0.2, 0) is 16.6 Å². The Morgan fingerprint density at radius 1 is 1.14 bits per heavy atom. The summed E-state index contributed by atoms with van der Waals surface area (Å²) in [5, 5.41) is 0.865. The number of carbonyl (C=O) groups excluding carboxylic acids is 2. The minimum absolute atomic E-state index is 0.230. The average Bonchev–Trinajstić information content (AvgIpc) is 2.75. The van der Waals surface area contributed by atoms with Crippen molar-refractivity contribution in [2.24, 2.45) is 13.0 Å². The van der Waals surface area contributed by atoms with E-state index in [1.807, 2.05) is 0 Å².